The second-order valence-electron chi connectivity index (χ2n) is 6.94. The summed E-state index contributed by atoms with van der Waals surface area (Å²) in [5.74, 6) is -0.419. The number of carbonyl (C=O) groups excluding carboxylic acids is 3. The van der Waals surface area contributed by atoms with E-state index >= 15 is 0 Å². The molecular weight excluding hydrogens is 400 g/mol. The average molecular weight is 426 g/mol. The molecule has 31 heavy (non-hydrogen) atoms. The zero-order chi connectivity index (χ0) is 22.6. The van der Waals surface area contributed by atoms with Crippen LogP contribution in [0.4, 0.5) is 5.69 Å². The summed E-state index contributed by atoms with van der Waals surface area (Å²) in [5, 5.41) is 8.98. The van der Waals surface area contributed by atoms with Gasteiger partial charge in [0.15, 0.2) is 6.61 Å². The maximum absolute atomic E-state index is 12.0. The average Bonchev–Trinajstić information content (AvgIpc) is 2.77. The van der Waals surface area contributed by atoms with Crippen molar-refractivity contribution in [3.63, 3.8) is 0 Å². The minimum atomic E-state index is -0.834. The zero-order valence-electron chi connectivity index (χ0n) is 17.7. The van der Waals surface area contributed by atoms with Gasteiger partial charge in [0, 0.05) is 12.2 Å². The molecule has 0 saturated carbocycles. The molecule has 0 saturated heterocycles. The fourth-order valence-electron chi connectivity index (χ4n) is 2.26. The third-order valence-electron chi connectivity index (χ3n) is 3.88. The third-order valence-corrected chi connectivity index (χ3v) is 3.88. The molecule has 2 aromatic rings. The lowest BCUT2D eigenvalue weighted by atomic mass is 10.2. The molecule has 0 atom stereocenters. The van der Waals surface area contributed by atoms with E-state index in [2.05, 4.69) is 21.2 Å². The molecule has 2 aromatic carbocycles. The Labute approximate surface area is 180 Å². The molecule has 3 amide bonds. The van der Waals surface area contributed by atoms with Crippen LogP contribution in [-0.4, -0.2) is 44.2 Å². The lowest BCUT2D eigenvalue weighted by Gasteiger charge is -2.08. The van der Waals surface area contributed by atoms with Gasteiger partial charge in [-0.2, -0.15) is 5.10 Å². The van der Waals surface area contributed by atoms with Crippen molar-refractivity contribution < 1.29 is 23.9 Å². The van der Waals surface area contributed by atoms with Crippen molar-refractivity contribution in [1.29, 1.82) is 0 Å². The van der Waals surface area contributed by atoms with E-state index in [-0.39, 0.29) is 18.4 Å². The predicted molar refractivity (Wildman–Crippen MR) is 117 cm³/mol. The summed E-state index contributed by atoms with van der Waals surface area (Å²) < 4.78 is 10.5. The number of hydrogen-bond donors (Lipinski definition) is 3. The molecule has 0 bridgehead atoms. The van der Waals surface area contributed by atoms with Crippen molar-refractivity contribution >= 4 is 29.6 Å². The Morgan fingerprint density at radius 3 is 2.23 bits per heavy atom. The van der Waals surface area contributed by atoms with Crippen LogP contribution in [0.1, 0.15) is 19.4 Å². The van der Waals surface area contributed by atoms with Gasteiger partial charge >= 0.3 is 11.8 Å². The molecule has 0 spiro atoms. The molecular formula is C22H26N4O5. The lowest BCUT2D eigenvalue weighted by molar-refractivity contribution is -0.139. The van der Waals surface area contributed by atoms with Crippen molar-refractivity contribution in [3.05, 3.63) is 54.1 Å². The normalized spacial score (nSPS) is 10.6. The van der Waals surface area contributed by atoms with Crippen molar-refractivity contribution in [2.24, 2.45) is 11.0 Å². The summed E-state index contributed by atoms with van der Waals surface area (Å²) in [6, 6.07) is 13.7. The topological polar surface area (TPSA) is 118 Å². The summed E-state index contributed by atoms with van der Waals surface area (Å²) in [5.41, 5.74) is 3.48. The molecule has 9 heteroatoms. The number of rotatable bonds is 9. The van der Waals surface area contributed by atoms with E-state index < -0.39 is 11.8 Å². The third kappa shape index (κ3) is 8.57. The Bertz CT molecular complexity index is 909. The van der Waals surface area contributed by atoms with E-state index in [0.29, 0.717) is 29.3 Å². The number of hydrogen-bond acceptors (Lipinski definition) is 6. The Kier molecular flexibility index (Phi) is 9.03. The van der Waals surface area contributed by atoms with E-state index in [9.17, 15) is 14.4 Å². The standard InChI is InChI=1S/C22H26N4O5/c1-15(2)12-23-21(28)22(29)26-24-13-16-4-8-19(9-5-16)31-14-20(27)25-17-6-10-18(30-3)11-7-17/h4-11,13,15H,12,14H2,1-3H3,(H,23,28)(H,25,27)(H,26,29)/b24-13-. The van der Waals surface area contributed by atoms with Crippen LogP contribution in [0.5, 0.6) is 11.5 Å². The van der Waals surface area contributed by atoms with Gasteiger partial charge in [-0.05, 0) is 60.0 Å². The molecule has 0 aliphatic rings. The minimum Gasteiger partial charge on any atom is -0.497 e. The molecule has 3 N–H and O–H groups in total. The first-order valence-electron chi connectivity index (χ1n) is 9.65. The van der Waals surface area contributed by atoms with Gasteiger partial charge in [0.1, 0.15) is 11.5 Å². The highest BCUT2D eigenvalue weighted by atomic mass is 16.5. The maximum Gasteiger partial charge on any atom is 0.329 e. The van der Waals surface area contributed by atoms with Crippen LogP contribution in [0.3, 0.4) is 0 Å². The van der Waals surface area contributed by atoms with Crippen molar-refractivity contribution in [2.45, 2.75) is 13.8 Å². The predicted octanol–water partition coefficient (Wildman–Crippen LogP) is 1.93. The highest BCUT2D eigenvalue weighted by Crippen LogP contribution is 2.15. The monoisotopic (exact) mass is 426 g/mol. The Hall–Kier alpha value is -3.88. The van der Waals surface area contributed by atoms with Crippen LogP contribution in [0, 0.1) is 5.92 Å². The first-order valence-corrected chi connectivity index (χ1v) is 9.65. The van der Waals surface area contributed by atoms with Crippen LogP contribution in [0.15, 0.2) is 53.6 Å². The van der Waals surface area contributed by atoms with Crippen LogP contribution < -0.4 is 25.5 Å². The van der Waals surface area contributed by atoms with Crippen LogP contribution in [0.25, 0.3) is 0 Å². The number of benzene rings is 2. The van der Waals surface area contributed by atoms with Gasteiger partial charge in [-0.25, -0.2) is 5.43 Å². The summed E-state index contributed by atoms with van der Waals surface area (Å²) in [4.78, 5) is 35.2. The molecule has 164 valence electrons. The van der Waals surface area contributed by atoms with E-state index in [0.717, 1.165) is 0 Å². The minimum absolute atomic E-state index is 0.152. The molecule has 0 radical (unpaired) electrons. The van der Waals surface area contributed by atoms with Gasteiger partial charge in [0.2, 0.25) is 0 Å². The summed E-state index contributed by atoms with van der Waals surface area (Å²) in [7, 11) is 1.57. The molecule has 2 rings (SSSR count). The maximum atomic E-state index is 12.0. The second-order valence-corrected chi connectivity index (χ2v) is 6.94. The van der Waals surface area contributed by atoms with Gasteiger partial charge < -0.3 is 20.1 Å². The van der Waals surface area contributed by atoms with E-state index in [4.69, 9.17) is 9.47 Å². The Morgan fingerprint density at radius 2 is 1.61 bits per heavy atom. The van der Waals surface area contributed by atoms with Gasteiger partial charge in [0.25, 0.3) is 5.91 Å². The number of hydrazone groups is 1. The fraction of sp³-hybridized carbons (Fsp3) is 0.273. The molecule has 0 fully saturated rings. The fourth-order valence-corrected chi connectivity index (χ4v) is 2.26. The highest BCUT2D eigenvalue weighted by Gasteiger charge is 2.12. The largest absolute Gasteiger partial charge is 0.497 e. The van der Waals surface area contributed by atoms with E-state index in [1.54, 1.807) is 55.6 Å². The Morgan fingerprint density at radius 1 is 0.968 bits per heavy atom. The number of carbonyl (C=O) groups is 3. The molecule has 0 aliphatic heterocycles. The number of ether oxygens (including phenoxy) is 2. The summed E-state index contributed by atoms with van der Waals surface area (Å²) >= 11 is 0. The first-order chi connectivity index (χ1) is 14.9. The van der Waals surface area contributed by atoms with E-state index in [1.807, 2.05) is 13.8 Å². The van der Waals surface area contributed by atoms with Crippen LogP contribution in [0.2, 0.25) is 0 Å². The number of amides is 3. The van der Waals surface area contributed by atoms with Crippen LogP contribution >= 0.6 is 0 Å². The number of methoxy groups -OCH3 is 1. The van der Waals surface area contributed by atoms with Gasteiger partial charge in [-0.15, -0.1) is 0 Å². The number of nitrogens with zero attached hydrogens (tertiary/aromatic N) is 1. The number of nitrogens with one attached hydrogen (secondary N) is 3. The summed E-state index contributed by atoms with van der Waals surface area (Å²) in [6.45, 7) is 4.12. The summed E-state index contributed by atoms with van der Waals surface area (Å²) in [6.07, 6.45) is 1.40. The number of anilines is 1. The smallest absolute Gasteiger partial charge is 0.329 e. The van der Waals surface area contributed by atoms with Crippen molar-refractivity contribution in [3.8, 4) is 11.5 Å². The second kappa shape index (κ2) is 12.0. The molecule has 0 aliphatic carbocycles. The molecule has 9 nitrogen and oxygen atoms in total. The van der Waals surface area contributed by atoms with Crippen molar-refractivity contribution in [1.82, 2.24) is 10.7 Å². The van der Waals surface area contributed by atoms with Crippen LogP contribution in [-0.2, 0) is 14.4 Å². The van der Waals surface area contributed by atoms with Crippen molar-refractivity contribution in [2.75, 3.05) is 25.6 Å². The zero-order valence-corrected chi connectivity index (χ0v) is 17.7. The molecule has 0 unspecified atom stereocenters. The van der Waals surface area contributed by atoms with Gasteiger partial charge in [0.05, 0.1) is 13.3 Å². The van der Waals surface area contributed by atoms with Gasteiger partial charge in [-0.1, -0.05) is 13.8 Å². The van der Waals surface area contributed by atoms with E-state index in [1.165, 1.54) is 6.21 Å². The molecule has 0 heterocycles. The SMILES string of the molecule is COc1ccc(NC(=O)COc2ccc(/C=N\NC(=O)C(=O)NCC(C)C)cc2)cc1. The van der Waals surface area contributed by atoms with Gasteiger partial charge in [-0.3, -0.25) is 14.4 Å². The Balaban J connectivity index is 1.75. The first kappa shape index (κ1) is 23.4. The molecule has 0 aromatic heterocycles. The highest BCUT2D eigenvalue weighted by molar-refractivity contribution is 6.35. The lowest BCUT2D eigenvalue weighted by Crippen LogP contribution is -2.39. The quantitative estimate of drug-likeness (QED) is 0.322.